The van der Waals surface area contributed by atoms with E-state index in [1.807, 2.05) is 34.6 Å². The van der Waals surface area contributed by atoms with Crippen LogP contribution in [0, 0.1) is 10.8 Å². The van der Waals surface area contributed by atoms with Crippen LogP contribution in [0.25, 0.3) is 0 Å². The molecule has 1 rings (SSSR count). The van der Waals surface area contributed by atoms with Crippen LogP contribution in [0.5, 0.6) is 0 Å². The lowest BCUT2D eigenvalue weighted by atomic mass is 9.59. The maximum atomic E-state index is 13.4. The van der Waals surface area contributed by atoms with Crippen LogP contribution >= 0.6 is 11.6 Å². The number of esters is 1. The van der Waals surface area contributed by atoms with E-state index in [0.717, 1.165) is 19.3 Å². The lowest BCUT2D eigenvalue weighted by Crippen LogP contribution is -2.62. The summed E-state index contributed by atoms with van der Waals surface area (Å²) in [5.74, 6) is -2.65. The van der Waals surface area contributed by atoms with E-state index in [2.05, 4.69) is 0 Å². The first-order valence-corrected chi connectivity index (χ1v) is 12.4. The van der Waals surface area contributed by atoms with Crippen LogP contribution in [0.3, 0.4) is 0 Å². The van der Waals surface area contributed by atoms with Crippen molar-refractivity contribution >= 4 is 34.8 Å². The van der Waals surface area contributed by atoms with Crippen LogP contribution in [0.15, 0.2) is 0 Å². The van der Waals surface area contributed by atoms with E-state index in [-0.39, 0.29) is 6.42 Å². The van der Waals surface area contributed by atoms with Crippen molar-refractivity contribution in [2.24, 2.45) is 10.8 Å². The Morgan fingerprint density at radius 2 is 1.71 bits per heavy atom. The quantitative estimate of drug-likeness (QED) is 0.106. The van der Waals surface area contributed by atoms with Gasteiger partial charge < -0.3 is 4.74 Å². The summed E-state index contributed by atoms with van der Waals surface area (Å²) in [6.07, 6.45) is 3.19. The van der Waals surface area contributed by atoms with Gasteiger partial charge in [-0.05, 0) is 56.0 Å². The van der Waals surface area contributed by atoms with Gasteiger partial charge in [0.05, 0.1) is 5.41 Å². The molecule has 196 valence electrons. The van der Waals surface area contributed by atoms with Crippen molar-refractivity contribution in [3.63, 3.8) is 0 Å². The summed E-state index contributed by atoms with van der Waals surface area (Å²) in [5, 5.41) is -1.21. The van der Waals surface area contributed by atoms with Crippen LogP contribution in [0.2, 0.25) is 0 Å². The van der Waals surface area contributed by atoms with Crippen LogP contribution in [0.4, 0.5) is 0 Å². The molecule has 0 amide bonds. The van der Waals surface area contributed by atoms with E-state index >= 15 is 0 Å². The third-order valence-corrected chi connectivity index (χ3v) is 7.12. The molecule has 1 aliphatic heterocycles. The van der Waals surface area contributed by atoms with Crippen LogP contribution < -0.4 is 0 Å². The molecule has 0 bridgehead atoms. The number of ether oxygens (including phenoxy) is 1. The molecule has 1 saturated heterocycles. The number of carbonyl (C=O) groups excluding carboxylic acids is 4. The van der Waals surface area contributed by atoms with Gasteiger partial charge >= 0.3 is 23.2 Å². The molecular weight excluding hydrogens is 468 g/mol. The number of halogens is 1. The molecule has 0 aromatic rings. The zero-order valence-electron chi connectivity index (χ0n) is 21.4. The minimum Gasteiger partial charge on any atom is -0.456 e. The Kier molecular flexibility index (Phi) is 11.4. The summed E-state index contributed by atoms with van der Waals surface area (Å²) >= 11 is 5.19. The molecule has 4 unspecified atom stereocenters. The maximum absolute atomic E-state index is 13.4. The standard InChI is InChI=1S/C24H39ClO9/c1-8-12-14-23(10-3,22(6,7)15-16(5)30-19(27)18(25)26)20(28)32-33-21(29)24(11-4)17(13-9-2)31-34-24/h16-17H,8-15H2,1-7H3. The molecule has 0 aromatic carbocycles. The lowest BCUT2D eigenvalue weighted by molar-refractivity contribution is -0.502. The van der Waals surface area contributed by atoms with Crippen molar-refractivity contribution in [3.05, 3.63) is 0 Å². The minimum absolute atomic E-state index is 0.248. The summed E-state index contributed by atoms with van der Waals surface area (Å²) < 4.78 is 5.10. The van der Waals surface area contributed by atoms with Crippen molar-refractivity contribution in [1.29, 1.82) is 0 Å². The largest absolute Gasteiger partial charge is 0.456 e. The number of hydrogen-bond donors (Lipinski definition) is 0. The third kappa shape index (κ3) is 6.49. The average molecular weight is 507 g/mol. The average Bonchev–Trinajstić information content (AvgIpc) is 2.75. The molecule has 1 heterocycles. The lowest BCUT2D eigenvalue weighted by Gasteiger charge is -2.45. The summed E-state index contributed by atoms with van der Waals surface area (Å²) in [6, 6.07) is 0. The Morgan fingerprint density at radius 1 is 1.06 bits per heavy atom. The van der Waals surface area contributed by atoms with Gasteiger partial charge in [-0.3, -0.25) is 4.79 Å². The van der Waals surface area contributed by atoms with Gasteiger partial charge in [0.2, 0.25) is 5.60 Å². The van der Waals surface area contributed by atoms with E-state index in [9.17, 15) is 19.2 Å². The molecule has 0 aliphatic carbocycles. The Hall–Kier alpha value is -1.71. The fourth-order valence-electron chi connectivity index (χ4n) is 4.78. The van der Waals surface area contributed by atoms with Gasteiger partial charge in [-0.2, -0.15) is 0 Å². The minimum atomic E-state index is -1.30. The Bertz CT molecular complexity index is 734. The van der Waals surface area contributed by atoms with Crippen LogP contribution in [0.1, 0.15) is 99.8 Å². The van der Waals surface area contributed by atoms with Crippen molar-refractivity contribution in [2.45, 2.75) is 118 Å². The summed E-state index contributed by atoms with van der Waals surface area (Å²) in [7, 11) is 0. The molecule has 10 heteroatoms. The molecule has 1 aliphatic rings. The van der Waals surface area contributed by atoms with Crippen molar-refractivity contribution in [2.75, 3.05) is 0 Å². The molecule has 0 spiro atoms. The van der Waals surface area contributed by atoms with E-state index in [1.54, 1.807) is 13.8 Å². The zero-order valence-corrected chi connectivity index (χ0v) is 22.1. The second-order valence-electron chi connectivity index (χ2n) is 9.56. The Labute approximate surface area is 207 Å². The summed E-state index contributed by atoms with van der Waals surface area (Å²) in [4.78, 5) is 69.3. The monoisotopic (exact) mass is 506 g/mol. The topological polar surface area (TPSA) is 114 Å². The van der Waals surface area contributed by atoms with Gasteiger partial charge in [-0.1, -0.05) is 60.8 Å². The van der Waals surface area contributed by atoms with Crippen molar-refractivity contribution < 1.29 is 43.5 Å². The summed E-state index contributed by atoms with van der Waals surface area (Å²) in [6.45, 7) is 12.9. The molecule has 0 saturated carbocycles. The van der Waals surface area contributed by atoms with Crippen molar-refractivity contribution in [3.8, 4) is 0 Å². The summed E-state index contributed by atoms with van der Waals surface area (Å²) in [5.41, 5.74) is -3.10. The SMILES string of the molecule is CCCCC(CC)(C(=O)OOC(=O)C1(CC)OOC1CCC)C(C)(C)CC(C)OC(=O)C(=O)Cl. The van der Waals surface area contributed by atoms with Crippen molar-refractivity contribution in [1.82, 2.24) is 0 Å². The molecular formula is C24H39ClO9. The van der Waals surface area contributed by atoms with E-state index in [0.29, 0.717) is 25.7 Å². The predicted octanol–water partition coefficient (Wildman–Crippen LogP) is 4.97. The maximum Gasteiger partial charge on any atom is 0.393 e. The highest BCUT2D eigenvalue weighted by atomic mass is 35.5. The highest BCUT2D eigenvalue weighted by Gasteiger charge is 2.59. The van der Waals surface area contributed by atoms with Gasteiger partial charge in [0.25, 0.3) is 0 Å². The smallest absolute Gasteiger partial charge is 0.393 e. The molecule has 0 radical (unpaired) electrons. The second-order valence-corrected chi connectivity index (χ2v) is 9.90. The van der Waals surface area contributed by atoms with Gasteiger partial charge in [-0.25, -0.2) is 33.9 Å². The predicted molar refractivity (Wildman–Crippen MR) is 123 cm³/mol. The fraction of sp³-hybridized carbons (Fsp3) is 0.833. The Balaban J connectivity index is 3.05. The van der Waals surface area contributed by atoms with Crippen LogP contribution in [-0.4, -0.2) is 41.0 Å². The van der Waals surface area contributed by atoms with Gasteiger partial charge in [-0.15, -0.1) is 0 Å². The fourth-order valence-corrected chi connectivity index (χ4v) is 4.82. The van der Waals surface area contributed by atoms with E-state index in [1.165, 1.54) is 0 Å². The third-order valence-electron chi connectivity index (χ3n) is 6.96. The Morgan fingerprint density at radius 3 is 2.15 bits per heavy atom. The molecule has 9 nitrogen and oxygen atoms in total. The first kappa shape index (κ1) is 30.3. The normalized spacial score (nSPS) is 22.6. The number of rotatable bonds is 14. The van der Waals surface area contributed by atoms with E-state index < -0.39 is 51.8 Å². The molecule has 34 heavy (non-hydrogen) atoms. The number of carbonyl (C=O) groups is 4. The number of hydrogen-bond acceptors (Lipinski definition) is 9. The van der Waals surface area contributed by atoms with Gasteiger partial charge in [0.15, 0.2) is 0 Å². The van der Waals surface area contributed by atoms with Gasteiger partial charge in [0.1, 0.15) is 12.2 Å². The molecule has 4 atom stereocenters. The first-order valence-electron chi connectivity index (χ1n) is 12.1. The highest BCUT2D eigenvalue weighted by Crippen LogP contribution is 2.50. The molecule has 0 N–H and O–H groups in total. The molecule has 0 aromatic heterocycles. The second kappa shape index (κ2) is 12.8. The van der Waals surface area contributed by atoms with E-state index in [4.69, 9.17) is 35.9 Å². The molecule has 1 fully saturated rings. The number of unbranched alkanes of at least 4 members (excludes halogenated alkanes) is 1. The highest BCUT2D eigenvalue weighted by molar-refractivity contribution is 6.80. The van der Waals surface area contributed by atoms with Gasteiger partial charge in [0, 0.05) is 0 Å². The van der Waals surface area contributed by atoms with Crippen LogP contribution in [-0.2, 0) is 43.5 Å². The zero-order chi connectivity index (χ0) is 26.2. The first-order chi connectivity index (χ1) is 15.9.